The van der Waals surface area contributed by atoms with Crippen LogP contribution in [-0.4, -0.2) is 37.0 Å². The lowest BCUT2D eigenvalue weighted by Crippen LogP contribution is -2.33. The Kier molecular flexibility index (Phi) is 7.34. The summed E-state index contributed by atoms with van der Waals surface area (Å²) in [7, 11) is 1.55. The average molecular weight is 406 g/mol. The standard InChI is InChI=1S/C19H20ClN3O5/c1-3-28-18(24)10-11-22(16-7-5-4-6-14(16)20)19(25)13-8-9-15(21-2)17(12-13)23(26)27/h4-9,12,21H,3,10-11H2,1-2H3. The normalized spacial score (nSPS) is 10.2. The number of carbonyl (C=O) groups excluding carboxylic acids is 2. The SMILES string of the molecule is CCOC(=O)CCN(C(=O)c1ccc(NC)c([N+](=O)[O-])c1)c1ccccc1Cl. The number of hydrogen-bond acceptors (Lipinski definition) is 6. The van der Waals surface area contributed by atoms with Crippen molar-refractivity contribution >= 4 is 40.5 Å². The minimum absolute atomic E-state index is 0.0168. The van der Waals surface area contributed by atoms with Crippen molar-refractivity contribution in [1.29, 1.82) is 0 Å². The molecule has 0 saturated heterocycles. The summed E-state index contributed by atoms with van der Waals surface area (Å²) in [5.41, 5.74) is 0.573. The molecule has 2 rings (SSSR count). The van der Waals surface area contributed by atoms with Gasteiger partial charge in [-0.15, -0.1) is 0 Å². The maximum atomic E-state index is 13.1. The molecule has 0 unspecified atom stereocenters. The lowest BCUT2D eigenvalue weighted by atomic mass is 10.1. The van der Waals surface area contributed by atoms with Gasteiger partial charge in [0.15, 0.2) is 0 Å². The van der Waals surface area contributed by atoms with Crippen molar-refractivity contribution in [1.82, 2.24) is 0 Å². The van der Waals surface area contributed by atoms with E-state index in [9.17, 15) is 19.7 Å². The van der Waals surface area contributed by atoms with E-state index in [0.29, 0.717) is 10.7 Å². The smallest absolute Gasteiger partial charge is 0.307 e. The molecule has 0 aromatic heterocycles. The second-order valence-electron chi connectivity index (χ2n) is 5.70. The number of ether oxygens (including phenoxy) is 1. The van der Waals surface area contributed by atoms with Crippen LogP contribution in [0.15, 0.2) is 42.5 Å². The van der Waals surface area contributed by atoms with E-state index < -0.39 is 16.8 Å². The number of benzene rings is 2. The largest absolute Gasteiger partial charge is 0.466 e. The molecule has 2 aromatic rings. The van der Waals surface area contributed by atoms with Crippen molar-refractivity contribution in [2.24, 2.45) is 0 Å². The van der Waals surface area contributed by atoms with Gasteiger partial charge in [-0.05, 0) is 31.2 Å². The van der Waals surface area contributed by atoms with Crippen molar-refractivity contribution in [3.8, 4) is 0 Å². The van der Waals surface area contributed by atoms with Crippen molar-refractivity contribution in [2.45, 2.75) is 13.3 Å². The fourth-order valence-electron chi connectivity index (χ4n) is 2.62. The van der Waals surface area contributed by atoms with Gasteiger partial charge in [0.1, 0.15) is 5.69 Å². The molecule has 0 aliphatic carbocycles. The summed E-state index contributed by atoms with van der Waals surface area (Å²) in [4.78, 5) is 36.9. The quantitative estimate of drug-likeness (QED) is 0.406. The van der Waals surface area contributed by atoms with Gasteiger partial charge in [-0.2, -0.15) is 0 Å². The van der Waals surface area contributed by atoms with Gasteiger partial charge in [0, 0.05) is 25.2 Å². The Bertz CT molecular complexity index is 888. The van der Waals surface area contributed by atoms with Crippen LogP contribution in [0.5, 0.6) is 0 Å². The summed E-state index contributed by atoms with van der Waals surface area (Å²) in [5, 5.41) is 14.3. The first-order valence-electron chi connectivity index (χ1n) is 8.57. The van der Waals surface area contributed by atoms with E-state index in [1.165, 1.54) is 23.1 Å². The molecular formula is C19H20ClN3O5. The van der Waals surface area contributed by atoms with Gasteiger partial charge in [-0.25, -0.2) is 0 Å². The maximum Gasteiger partial charge on any atom is 0.307 e. The monoisotopic (exact) mass is 405 g/mol. The molecule has 0 aliphatic heterocycles. The second kappa shape index (κ2) is 9.70. The van der Waals surface area contributed by atoms with Crippen LogP contribution in [0.2, 0.25) is 5.02 Å². The molecule has 0 radical (unpaired) electrons. The molecule has 0 spiro atoms. The molecule has 9 heteroatoms. The molecule has 8 nitrogen and oxygen atoms in total. The van der Waals surface area contributed by atoms with Crippen LogP contribution in [0, 0.1) is 10.1 Å². The summed E-state index contributed by atoms with van der Waals surface area (Å²) in [6.45, 7) is 1.94. The second-order valence-corrected chi connectivity index (χ2v) is 6.11. The Morgan fingerprint density at radius 3 is 2.57 bits per heavy atom. The molecule has 0 aliphatic rings. The first-order chi connectivity index (χ1) is 13.4. The van der Waals surface area contributed by atoms with Crippen LogP contribution in [0.25, 0.3) is 0 Å². The summed E-state index contributed by atoms with van der Waals surface area (Å²) < 4.78 is 4.92. The Hall–Kier alpha value is -3.13. The van der Waals surface area contributed by atoms with Crippen molar-refractivity contribution in [3.05, 3.63) is 63.2 Å². The number of rotatable bonds is 8. The first-order valence-corrected chi connectivity index (χ1v) is 8.95. The molecule has 2 aromatic carbocycles. The highest BCUT2D eigenvalue weighted by Gasteiger charge is 2.24. The highest BCUT2D eigenvalue weighted by atomic mass is 35.5. The Morgan fingerprint density at radius 2 is 1.96 bits per heavy atom. The number of para-hydroxylation sites is 1. The Balaban J connectivity index is 2.41. The number of nitrogens with one attached hydrogen (secondary N) is 1. The fraction of sp³-hybridized carbons (Fsp3) is 0.263. The number of halogens is 1. The van der Waals surface area contributed by atoms with Crippen molar-refractivity contribution in [2.75, 3.05) is 30.4 Å². The van der Waals surface area contributed by atoms with Gasteiger partial charge in [-0.1, -0.05) is 23.7 Å². The lowest BCUT2D eigenvalue weighted by molar-refractivity contribution is -0.384. The number of hydrogen-bond donors (Lipinski definition) is 1. The zero-order valence-electron chi connectivity index (χ0n) is 15.5. The molecule has 0 atom stereocenters. The molecule has 0 fully saturated rings. The van der Waals surface area contributed by atoms with Crippen LogP contribution in [0.1, 0.15) is 23.7 Å². The number of amides is 1. The number of nitro groups is 1. The van der Waals surface area contributed by atoms with Gasteiger partial charge in [0.05, 0.1) is 28.7 Å². The van der Waals surface area contributed by atoms with Crippen molar-refractivity contribution < 1.29 is 19.2 Å². The Morgan fingerprint density at radius 1 is 1.25 bits per heavy atom. The number of carbonyl (C=O) groups is 2. The van der Waals surface area contributed by atoms with E-state index in [1.54, 1.807) is 38.2 Å². The number of anilines is 2. The molecular weight excluding hydrogens is 386 g/mol. The third-order valence-corrected chi connectivity index (χ3v) is 4.26. The van der Waals surface area contributed by atoms with Crippen molar-refractivity contribution in [3.63, 3.8) is 0 Å². The topological polar surface area (TPSA) is 102 Å². The van der Waals surface area contributed by atoms with Crippen LogP contribution < -0.4 is 10.2 Å². The third kappa shape index (κ3) is 4.98. The zero-order chi connectivity index (χ0) is 20.7. The van der Waals surface area contributed by atoms with Crippen LogP contribution in [0.4, 0.5) is 17.1 Å². The third-order valence-electron chi connectivity index (χ3n) is 3.94. The minimum atomic E-state index is -0.568. The minimum Gasteiger partial charge on any atom is -0.466 e. The number of nitrogens with zero attached hydrogens (tertiary/aromatic N) is 2. The summed E-state index contributed by atoms with van der Waals surface area (Å²) in [5.74, 6) is -0.966. The van der Waals surface area contributed by atoms with E-state index in [1.807, 2.05) is 0 Å². The highest BCUT2D eigenvalue weighted by molar-refractivity contribution is 6.34. The van der Waals surface area contributed by atoms with Gasteiger partial charge in [-0.3, -0.25) is 19.7 Å². The van der Waals surface area contributed by atoms with Gasteiger partial charge >= 0.3 is 5.97 Å². The van der Waals surface area contributed by atoms with Crippen LogP contribution in [0.3, 0.4) is 0 Å². The zero-order valence-corrected chi connectivity index (χ0v) is 16.2. The summed E-state index contributed by atoms with van der Waals surface area (Å²) in [6, 6.07) is 10.8. The number of nitro benzene ring substituents is 1. The van der Waals surface area contributed by atoms with E-state index in [-0.39, 0.29) is 36.5 Å². The predicted molar refractivity (Wildman–Crippen MR) is 107 cm³/mol. The summed E-state index contributed by atoms with van der Waals surface area (Å²) >= 11 is 6.23. The fourth-order valence-corrected chi connectivity index (χ4v) is 2.86. The Labute approximate surface area is 167 Å². The van der Waals surface area contributed by atoms with Crippen LogP contribution in [-0.2, 0) is 9.53 Å². The lowest BCUT2D eigenvalue weighted by Gasteiger charge is -2.23. The first kappa shape index (κ1) is 21.2. The highest BCUT2D eigenvalue weighted by Crippen LogP contribution is 2.30. The van der Waals surface area contributed by atoms with Gasteiger partial charge < -0.3 is 15.0 Å². The summed E-state index contributed by atoms with van der Waals surface area (Å²) in [6.07, 6.45) is -0.0402. The van der Waals surface area contributed by atoms with E-state index in [0.717, 1.165) is 0 Å². The molecule has 28 heavy (non-hydrogen) atoms. The molecule has 0 bridgehead atoms. The van der Waals surface area contributed by atoms with E-state index >= 15 is 0 Å². The molecule has 1 amide bonds. The molecule has 1 N–H and O–H groups in total. The maximum absolute atomic E-state index is 13.1. The van der Waals surface area contributed by atoms with Gasteiger partial charge in [0.2, 0.25) is 0 Å². The van der Waals surface area contributed by atoms with Gasteiger partial charge in [0.25, 0.3) is 11.6 Å². The van der Waals surface area contributed by atoms with Crippen LogP contribution >= 0.6 is 11.6 Å². The van der Waals surface area contributed by atoms with E-state index in [2.05, 4.69) is 5.32 Å². The van der Waals surface area contributed by atoms with E-state index in [4.69, 9.17) is 16.3 Å². The predicted octanol–water partition coefficient (Wildman–Crippen LogP) is 3.89. The molecule has 0 saturated carbocycles. The average Bonchev–Trinajstić information content (AvgIpc) is 2.68. The number of esters is 1. The molecule has 148 valence electrons. The molecule has 0 heterocycles.